The molecule has 0 aliphatic heterocycles. The predicted molar refractivity (Wildman–Crippen MR) is 125 cm³/mol. The van der Waals surface area contributed by atoms with E-state index in [4.69, 9.17) is 10.5 Å². The number of amides is 3. The number of carbonyl (C=O) groups excluding carboxylic acids is 3. The van der Waals surface area contributed by atoms with Gasteiger partial charge in [0.25, 0.3) is 0 Å². The number of nitrogens with two attached hydrogens (primary N) is 1. The number of pyridine rings is 1. The molecule has 15 heteroatoms. The van der Waals surface area contributed by atoms with Gasteiger partial charge in [0.2, 0.25) is 0 Å². The summed E-state index contributed by atoms with van der Waals surface area (Å²) in [6.45, 7) is 0. The number of nitrogens with zero attached hydrogens (tertiary/aromatic N) is 4. The Morgan fingerprint density at radius 2 is 1.61 bits per heavy atom. The van der Waals surface area contributed by atoms with Gasteiger partial charge in [0, 0.05) is 18.0 Å². The van der Waals surface area contributed by atoms with Crippen LogP contribution >= 0.6 is 0 Å². The molecular formula is C23H16F3N7O5. The number of primary amides is 1. The van der Waals surface area contributed by atoms with Gasteiger partial charge in [-0.3, -0.25) is 4.57 Å². The van der Waals surface area contributed by atoms with Crippen LogP contribution in [0.1, 0.15) is 16.1 Å². The molecule has 3 amide bonds. The number of urea groups is 1. The highest BCUT2D eigenvalue weighted by atomic mass is 19.4. The Morgan fingerprint density at radius 1 is 0.895 bits per heavy atom. The number of alkyl halides is 3. The molecule has 0 bridgehead atoms. The molecule has 4 N–H and O–H groups in total. The first-order chi connectivity index (χ1) is 18.1. The summed E-state index contributed by atoms with van der Waals surface area (Å²) in [5.41, 5.74) is 4.04. The second-order valence-corrected chi connectivity index (χ2v) is 7.39. The molecule has 2 aromatic heterocycles. The summed E-state index contributed by atoms with van der Waals surface area (Å²) >= 11 is 0. The standard InChI is InChI=1S/C23H16F3N7O5/c24-23(25,26)13-1-6-19(33-11-29-30-12-33)17(9-13)32-22(36)31-14-2-4-15(5-3-14)37-16-7-8-28-18(10-16)20(34)38-21(27)35/h1-12H,(H2,27,35)(H2,31,32,36). The van der Waals surface area contributed by atoms with Gasteiger partial charge in [-0.15, -0.1) is 10.2 Å². The molecule has 2 heterocycles. The molecular weight excluding hydrogens is 511 g/mol. The lowest BCUT2D eigenvalue weighted by atomic mass is 10.1. The van der Waals surface area contributed by atoms with E-state index < -0.39 is 29.8 Å². The van der Waals surface area contributed by atoms with E-state index in [0.29, 0.717) is 11.4 Å². The number of ether oxygens (including phenoxy) is 2. The van der Waals surface area contributed by atoms with Crippen LogP contribution in [-0.2, 0) is 10.9 Å². The minimum absolute atomic E-state index is 0.125. The lowest BCUT2D eigenvalue weighted by Gasteiger charge is -2.15. The van der Waals surface area contributed by atoms with Gasteiger partial charge in [-0.05, 0) is 48.5 Å². The number of anilines is 2. The average Bonchev–Trinajstić information content (AvgIpc) is 3.39. The lowest BCUT2D eigenvalue weighted by Crippen LogP contribution is -2.21. The van der Waals surface area contributed by atoms with E-state index in [1.807, 2.05) is 0 Å². The van der Waals surface area contributed by atoms with Gasteiger partial charge in [0.15, 0.2) is 5.69 Å². The van der Waals surface area contributed by atoms with E-state index in [9.17, 15) is 27.6 Å². The first-order valence-electron chi connectivity index (χ1n) is 10.5. The molecule has 0 aliphatic rings. The molecule has 4 rings (SSSR count). The summed E-state index contributed by atoms with van der Waals surface area (Å²) in [7, 11) is 0. The zero-order chi connectivity index (χ0) is 27.3. The lowest BCUT2D eigenvalue weighted by molar-refractivity contribution is -0.137. The number of nitrogens with one attached hydrogen (secondary N) is 2. The van der Waals surface area contributed by atoms with Gasteiger partial charge in [-0.1, -0.05) is 0 Å². The minimum atomic E-state index is -4.62. The van der Waals surface area contributed by atoms with Crippen molar-refractivity contribution in [2.45, 2.75) is 6.18 Å². The molecule has 0 unspecified atom stereocenters. The number of halogens is 3. The molecule has 4 aromatic rings. The van der Waals surface area contributed by atoms with Crippen LogP contribution in [0.25, 0.3) is 5.69 Å². The molecule has 2 aromatic carbocycles. The molecule has 0 aliphatic carbocycles. The SMILES string of the molecule is NC(=O)OC(=O)c1cc(Oc2ccc(NC(=O)Nc3cc(C(F)(F)F)ccc3-n3cnnc3)cc2)ccn1. The van der Waals surface area contributed by atoms with Crippen LogP contribution in [-0.4, -0.2) is 37.8 Å². The molecule has 0 atom stereocenters. The second kappa shape index (κ2) is 10.7. The van der Waals surface area contributed by atoms with E-state index >= 15 is 0 Å². The van der Waals surface area contributed by atoms with Gasteiger partial charge in [-0.25, -0.2) is 19.4 Å². The quantitative estimate of drug-likeness (QED) is 0.246. The number of hydrogen-bond donors (Lipinski definition) is 3. The summed E-state index contributed by atoms with van der Waals surface area (Å²) in [5, 5.41) is 12.2. The van der Waals surface area contributed by atoms with Gasteiger partial charge >= 0.3 is 24.3 Å². The van der Waals surface area contributed by atoms with E-state index in [1.165, 1.54) is 65.9 Å². The maximum Gasteiger partial charge on any atom is 0.416 e. The zero-order valence-corrected chi connectivity index (χ0v) is 19.0. The number of rotatable bonds is 6. The molecule has 0 saturated heterocycles. The van der Waals surface area contributed by atoms with Gasteiger partial charge in [0.1, 0.15) is 24.2 Å². The minimum Gasteiger partial charge on any atom is -0.457 e. The summed E-state index contributed by atoms with van der Waals surface area (Å²) in [6.07, 6.45) is -2.09. The third-order valence-electron chi connectivity index (χ3n) is 4.75. The Labute approximate surface area is 211 Å². The van der Waals surface area contributed by atoms with Crippen LogP contribution in [0.15, 0.2) is 73.4 Å². The van der Waals surface area contributed by atoms with Crippen LogP contribution in [0.5, 0.6) is 11.5 Å². The second-order valence-electron chi connectivity index (χ2n) is 7.39. The molecule has 0 fully saturated rings. The van der Waals surface area contributed by atoms with Crippen molar-refractivity contribution in [1.29, 1.82) is 0 Å². The highest BCUT2D eigenvalue weighted by Gasteiger charge is 2.31. The average molecular weight is 527 g/mol. The van der Waals surface area contributed by atoms with E-state index in [0.717, 1.165) is 12.1 Å². The highest BCUT2D eigenvalue weighted by molar-refractivity contribution is 6.01. The molecule has 0 saturated carbocycles. The fourth-order valence-electron chi connectivity index (χ4n) is 3.12. The van der Waals surface area contributed by atoms with Gasteiger partial charge < -0.3 is 25.8 Å². The fraction of sp³-hybridized carbons (Fsp3) is 0.0435. The van der Waals surface area contributed by atoms with Crippen LogP contribution in [0.4, 0.5) is 34.1 Å². The van der Waals surface area contributed by atoms with Crippen LogP contribution < -0.4 is 21.1 Å². The summed E-state index contributed by atoms with van der Waals surface area (Å²) < 4.78 is 50.9. The van der Waals surface area contributed by atoms with Gasteiger partial charge in [0.05, 0.1) is 16.9 Å². The smallest absolute Gasteiger partial charge is 0.416 e. The number of esters is 1. The van der Waals surface area contributed by atoms with Crippen molar-refractivity contribution in [1.82, 2.24) is 19.7 Å². The summed E-state index contributed by atoms with van der Waals surface area (Å²) in [6, 6.07) is 10.7. The Balaban J connectivity index is 1.44. The van der Waals surface area contributed by atoms with E-state index in [-0.39, 0.29) is 22.8 Å². The third-order valence-corrected chi connectivity index (χ3v) is 4.75. The largest absolute Gasteiger partial charge is 0.457 e. The summed E-state index contributed by atoms with van der Waals surface area (Å²) in [5.74, 6) is -0.549. The third kappa shape index (κ3) is 6.39. The van der Waals surface area contributed by atoms with Gasteiger partial charge in [-0.2, -0.15) is 13.2 Å². The maximum atomic E-state index is 13.2. The Bertz CT molecular complexity index is 1480. The number of carbonyl (C=O) groups is 3. The van der Waals surface area contributed by atoms with Crippen LogP contribution in [0, 0.1) is 0 Å². The highest BCUT2D eigenvalue weighted by Crippen LogP contribution is 2.33. The number of hydrogen-bond acceptors (Lipinski definition) is 8. The van der Waals surface area contributed by atoms with Crippen molar-refractivity contribution in [2.75, 3.05) is 10.6 Å². The number of aromatic nitrogens is 4. The van der Waals surface area contributed by atoms with Crippen LogP contribution in [0.2, 0.25) is 0 Å². The molecule has 194 valence electrons. The first-order valence-corrected chi connectivity index (χ1v) is 10.5. The monoisotopic (exact) mass is 527 g/mol. The van der Waals surface area contributed by atoms with E-state index in [1.54, 1.807) is 0 Å². The first kappa shape index (κ1) is 25.6. The number of benzene rings is 2. The van der Waals surface area contributed by atoms with Crippen molar-refractivity contribution in [3.05, 3.63) is 84.7 Å². The molecule has 38 heavy (non-hydrogen) atoms. The van der Waals surface area contributed by atoms with E-state index in [2.05, 4.69) is 30.6 Å². The fourth-order valence-corrected chi connectivity index (χ4v) is 3.12. The maximum absolute atomic E-state index is 13.2. The Morgan fingerprint density at radius 3 is 2.26 bits per heavy atom. The zero-order valence-electron chi connectivity index (χ0n) is 19.0. The molecule has 12 nitrogen and oxygen atoms in total. The molecule has 0 spiro atoms. The Kier molecular flexibility index (Phi) is 7.18. The van der Waals surface area contributed by atoms with Crippen molar-refractivity contribution in [3.8, 4) is 17.2 Å². The molecule has 0 radical (unpaired) electrons. The summed E-state index contributed by atoms with van der Waals surface area (Å²) in [4.78, 5) is 38.8. The van der Waals surface area contributed by atoms with Crippen molar-refractivity contribution in [2.24, 2.45) is 5.73 Å². The normalized spacial score (nSPS) is 10.9. The van der Waals surface area contributed by atoms with Crippen molar-refractivity contribution < 1.29 is 37.0 Å². The topological polar surface area (TPSA) is 163 Å². The van der Waals surface area contributed by atoms with Crippen LogP contribution in [0.3, 0.4) is 0 Å². The Hall–Kier alpha value is -5.47. The van der Waals surface area contributed by atoms with Crippen molar-refractivity contribution >= 4 is 29.5 Å². The van der Waals surface area contributed by atoms with Crippen molar-refractivity contribution in [3.63, 3.8) is 0 Å². The predicted octanol–water partition coefficient (Wildman–Crippen LogP) is 4.35.